The number of hydrogen-bond donors (Lipinski definition) is 1. The highest BCUT2D eigenvalue weighted by Gasteiger charge is 2.26. The molecule has 0 bridgehead atoms. The van der Waals surface area contributed by atoms with Crippen LogP contribution in [0.15, 0.2) is 30.6 Å². The van der Waals surface area contributed by atoms with Gasteiger partial charge in [0.25, 0.3) is 5.91 Å². The number of aryl methyl sites for hydroxylation is 1. The number of urea groups is 1. The highest BCUT2D eigenvalue weighted by Crippen LogP contribution is 2.27. The Morgan fingerprint density at radius 1 is 1.26 bits per heavy atom. The van der Waals surface area contributed by atoms with E-state index in [0.717, 1.165) is 16.7 Å². The number of benzene rings is 1. The zero-order chi connectivity index (χ0) is 19.6. The maximum atomic E-state index is 12.9. The number of pyridine rings is 1. The van der Waals surface area contributed by atoms with E-state index in [2.05, 4.69) is 10.3 Å². The zero-order valence-electron chi connectivity index (χ0n) is 16.1. The van der Waals surface area contributed by atoms with Crippen molar-refractivity contribution in [3.8, 4) is 5.75 Å². The number of carbonyl (C=O) groups is 2. The van der Waals surface area contributed by atoms with Gasteiger partial charge in [0.05, 0.1) is 18.4 Å². The average molecular weight is 368 g/mol. The third-order valence-corrected chi connectivity index (χ3v) is 4.64. The number of carbonyl (C=O) groups excluding carboxylic acids is 2. The Labute approximate surface area is 158 Å². The standard InChI is InChI=1S/C20H24N4O3/c1-13-5-6-18(27-4)17(9-13)22-19(25)16-11-21-10-14-12-24(8-7-15(14)16)20(26)23(2)3/h5-6,9-11H,7-8,12H2,1-4H3,(H,22,25). The number of rotatable bonds is 3. The second kappa shape index (κ2) is 7.65. The minimum absolute atomic E-state index is 0.0417. The maximum Gasteiger partial charge on any atom is 0.319 e. The molecule has 0 unspecified atom stereocenters. The van der Waals surface area contributed by atoms with Gasteiger partial charge in [0.15, 0.2) is 0 Å². The van der Waals surface area contributed by atoms with Crippen molar-refractivity contribution in [2.45, 2.75) is 19.9 Å². The van der Waals surface area contributed by atoms with E-state index >= 15 is 0 Å². The molecule has 7 heteroatoms. The lowest BCUT2D eigenvalue weighted by atomic mass is 9.96. The van der Waals surface area contributed by atoms with E-state index in [0.29, 0.717) is 36.5 Å². The van der Waals surface area contributed by atoms with Gasteiger partial charge in [-0.05, 0) is 42.2 Å². The summed E-state index contributed by atoms with van der Waals surface area (Å²) in [5, 5.41) is 2.93. The van der Waals surface area contributed by atoms with E-state index in [1.54, 1.807) is 43.4 Å². The Morgan fingerprint density at radius 3 is 2.74 bits per heavy atom. The number of hydrogen-bond acceptors (Lipinski definition) is 4. The molecule has 0 saturated carbocycles. The fourth-order valence-electron chi connectivity index (χ4n) is 3.24. The van der Waals surface area contributed by atoms with Gasteiger partial charge in [0.2, 0.25) is 0 Å². The monoisotopic (exact) mass is 368 g/mol. The largest absolute Gasteiger partial charge is 0.495 e. The molecule has 1 N–H and O–H groups in total. The van der Waals surface area contributed by atoms with E-state index in [9.17, 15) is 9.59 Å². The Morgan fingerprint density at radius 2 is 2.04 bits per heavy atom. The Bertz CT molecular complexity index is 880. The SMILES string of the molecule is COc1ccc(C)cc1NC(=O)c1cncc2c1CCN(C(=O)N(C)C)C2. The highest BCUT2D eigenvalue weighted by molar-refractivity contribution is 6.06. The Kier molecular flexibility index (Phi) is 5.30. The lowest BCUT2D eigenvalue weighted by Crippen LogP contribution is -2.42. The summed E-state index contributed by atoms with van der Waals surface area (Å²) in [5.74, 6) is 0.380. The molecule has 2 heterocycles. The molecule has 2 aromatic rings. The number of nitrogens with one attached hydrogen (secondary N) is 1. The number of nitrogens with zero attached hydrogens (tertiary/aromatic N) is 3. The average Bonchev–Trinajstić information content (AvgIpc) is 2.66. The molecule has 1 aromatic heterocycles. The first-order valence-electron chi connectivity index (χ1n) is 8.78. The van der Waals surface area contributed by atoms with Crippen LogP contribution in [0, 0.1) is 6.92 Å². The number of aromatic nitrogens is 1. The van der Waals surface area contributed by atoms with E-state index in [-0.39, 0.29) is 11.9 Å². The summed E-state index contributed by atoms with van der Waals surface area (Å²) >= 11 is 0. The van der Waals surface area contributed by atoms with Crippen LogP contribution in [0.25, 0.3) is 0 Å². The first-order chi connectivity index (χ1) is 12.9. The predicted octanol–water partition coefficient (Wildman–Crippen LogP) is 2.69. The Hall–Kier alpha value is -3.09. The van der Waals surface area contributed by atoms with E-state index in [4.69, 9.17) is 4.74 Å². The molecular formula is C20H24N4O3. The van der Waals surface area contributed by atoms with Crippen LogP contribution < -0.4 is 10.1 Å². The first kappa shape index (κ1) is 18.7. The van der Waals surface area contributed by atoms with Crippen molar-refractivity contribution in [2.75, 3.05) is 33.1 Å². The third-order valence-electron chi connectivity index (χ3n) is 4.64. The van der Waals surface area contributed by atoms with Gasteiger partial charge in [0, 0.05) is 39.6 Å². The minimum Gasteiger partial charge on any atom is -0.495 e. The van der Waals surface area contributed by atoms with Gasteiger partial charge in [-0.15, -0.1) is 0 Å². The van der Waals surface area contributed by atoms with E-state index in [1.807, 2.05) is 25.1 Å². The second-order valence-corrected chi connectivity index (χ2v) is 6.83. The van der Waals surface area contributed by atoms with Crippen LogP contribution >= 0.6 is 0 Å². The second-order valence-electron chi connectivity index (χ2n) is 6.83. The van der Waals surface area contributed by atoms with Crippen LogP contribution in [-0.2, 0) is 13.0 Å². The fourth-order valence-corrected chi connectivity index (χ4v) is 3.24. The van der Waals surface area contributed by atoms with Crippen molar-refractivity contribution in [1.82, 2.24) is 14.8 Å². The van der Waals surface area contributed by atoms with E-state index < -0.39 is 0 Å². The van der Waals surface area contributed by atoms with Crippen molar-refractivity contribution in [2.24, 2.45) is 0 Å². The summed E-state index contributed by atoms with van der Waals surface area (Å²) in [5.41, 5.74) is 4.03. The summed E-state index contributed by atoms with van der Waals surface area (Å²) in [4.78, 5) is 32.6. The lowest BCUT2D eigenvalue weighted by molar-refractivity contribution is 0.102. The van der Waals surface area contributed by atoms with Crippen LogP contribution in [0.2, 0.25) is 0 Å². The molecule has 27 heavy (non-hydrogen) atoms. The van der Waals surface area contributed by atoms with Crippen LogP contribution in [0.3, 0.4) is 0 Å². The molecule has 0 fully saturated rings. The molecule has 1 aliphatic heterocycles. The minimum atomic E-state index is -0.226. The molecule has 3 rings (SSSR count). The fraction of sp³-hybridized carbons (Fsp3) is 0.350. The molecule has 142 valence electrons. The summed E-state index contributed by atoms with van der Waals surface area (Å²) in [6.45, 7) is 2.98. The molecule has 0 aliphatic carbocycles. The van der Waals surface area contributed by atoms with Gasteiger partial charge >= 0.3 is 6.03 Å². The van der Waals surface area contributed by atoms with Crippen molar-refractivity contribution < 1.29 is 14.3 Å². The summed E-state index contributed by atoms with van der Waals surface area (Å²) in [6.07, 6.45) is 3.93. The third kappa shape index (κ3) is 3.86. The number of fused-ring (bicyclic) bond motifs is 1. The first-order valence-corrected chi connectivity index (χ1v) is 8.78. The van der Waals surface area contributed by atoms with Gasteiger partial charge in [-0.3, -0.25) is 9.78 Å². The molecule has 0 radical (unpaired) electrons. The van der Waals surface area contributed by atoms with E-state index in [1.165, 1.54) is 0 Å². The van der Waals surface area contributed by atoms with Crippen molar-refractivity contribution >= 4 is 17.6 Å². The quantitative estimate of drug-likeness (QED) is 0.904. The molecule has 7 nitrogen and oxygen atoms in total. The molecule has 1 aromatic carbocycles. The van der Waals surface area contributed by atoms with Gasteiger partial charge in [-0.25, -0.2) is 4.79 Å². The van der Waals surface area contributed by atoms with Crippen LogP contribution in [0.4, 0.5) is 10.5 Å². The topological polar surface area (TPSA) is 74.8 Å². The zero-order valence-corrected chi connectivity index (χ0v) is 16.1. The predicted molar refractivity (Wildman–Crippen MR) is 103 cm³/mol. The van der Waals surface area contributed by atoms with Gasteiger partial charge in [-0.2, -0.15) is 0 Å². The highest BCUT2D eigenvalue weighted by atomic mass is 16.5. The van der Waals surface area contributed by atoms with Crippen LogP contribution in [0.1, 0.15) is 27.0 Å². The van der Waals surface area contributed by atoms with Gasteiger partial charge in [-0.1, -0.05) is 6.07 Å². The van der Waals surface area contributed by atoms with Crippen LogP contribution in [0.5, 0.6) is 5.75 Å². The molecule has 0 saturated heterocycles. The van der Waals surface area contributed by atoms with Crippen molar-refractivity contribution in [1.29, 1.82) is 0 Å². The number of anilines is 1. The molecule has 3 amide bonds. The molecular weight excluding hydrogens is 344 g/mol. The molecule has 0 atom stereocenters. The number of methoxy groups -OCH3 is 1. The van der Waals surface area contributed by atoms with Gasteiger partial charge in [0.1, 0.15) is 5.75 Å². The smallest absolute Gasteiger partial charge is 0.319 e. The molecule has 1 aliphatic rings. The lowest BCUT2D eigenvalue weighted by Gasteiger charge is -2.31. The summed E-state index contributed by atoms with van der Waals surface area (Å²) < 4.78 is 5.33. The normalized spacial score (nSPS) is 13.0. The van der Waals surface area contributed by atoms with Crippen molar-refractivity contribution in [3.63, 3.8) is 0 Å². The summed E-state index contributed by atoms with van der Waals surface area (Å²) in [6, 6.07) is 5.59. The van der Waals surface area contributed by atoms with Gasteiger partial charge < -0.3 is 19.9 Å². The number of ether oxygens (including phenoxy) is 1. The van der Waals surface area contributed by atoms with Crippen LogP contribution in [-0.4, -0.2) is 54.5 Å². The Balaban J connectivity index is 1.85. The van der Waals surface area contributed by atoms with Crippen molar-refractivity contribution in [3.05, 3.63) is 52.8 Å². The molecule has 0 spiro atoms. The summed E-state index contributed by atoms with van der Waals surface area (Å²) in [7, 11) is 5.03. The maximum absolute atomic E-state index is 12.9. The number of amides is 3.